The van der Waals surface area contributed by atoms with Crippen molar-refractivity contribution in [3.05, 3.63) is 253 Å². The summed E-state index contributed by atoms with van der Waals surface area (Å²) in [4.78, 5) is 15.5. The average Bonchev–Trinajstić information content (AvgIpc) is 3.79. The number of hydrogen-bond acceptors (Lipinski definition) is 4. The van der Waals surface area contributed by atoms with Crippen molar-refractivity contribution >= 4 is 44.2 Å². The molecule has 5 heteroatoms. The molecule has 0 spiro atoms. The lowest BCUT2D eigenvalue weighted by molar-refractivity contribution is 0.674. The summed E-state index contributed by atoms with van der Waals surface area (Å²) in [6, 6.07) is 82.0. The van der Waals surface area contributed by atoms with Crippen LogP contribution < -0.4 is 5.32 Å². The zero-order valence-corrected chi connectivity index (χ0v) is 36.3. The second-order valence-corrected chi connectivity index (χ2v) is 16.9. The van der Waals surface area contributed by atoms with Crippen LogP contribution >= 0.6 is 0 Å². The maximum atomic E-state index is 5.18. The molecule has 0 saturated carbocycles. The van der Waals surface area contributed by atoms with Crippen molar-refractivity contribution in [1.82, 2.24) is 14.9 Å². The lowest BCUT2D eigenvalue weighted by Gasteiger charge is -2.24. The molecule has 1 aliphatic heterocycles. The van der Waals surface area contributed by atoms with E-state index in [0.717, 1.165) is 67.3 Å². The number of hydrogen-bond donors (Lipinski definition) is 1. The molecule has 0 bridgehead atoms. The lowest BCUT2D eigenvalue weighted by atomic mass is 9.83. The van der Waals surface area contributed by atoms with Gasteiger partial charge in [0.2, 0.25) is 0 Å². The van der Waals surface area contributed by atoms with Gasteiger partial charge in [0.05, 0.1) is 11.0 Å². The van der Waals surface area contributed by atoms with E-state index in [0.29, 0.717) is 5.84 Å². The van der Waals surface area contributed by atoms with E-state index < -0.39 is 0 Å². The Hall–Kier alpha value is -8.67. The maximum Gasteiger partial charge on any atom is 0.159 e. The monoisotopic (exact) mass is 845 g/mol. The minimum atomic E-state index is -0.274. The Labute approximate surface area is 383 Å². The molecular weight excluding hydrogens is 803 g/mol. The molecular formula is C61H43N5. The van der Waals surface area contributed by atoms with E-state index >= 15 is 0 Å². The number of para-hydroxylation sites is 3. The third-order valence-electron chi connectivity index (χ3n) is 12.8. The molecule has 0 fully saturated rings. The van der Waals surface area contributed by atoms with E-state index in [1.165, 1.54) is 43.8 Å². The quantitative estimate of drug-likeness (QED) is 0.166. The van der Waals surface area contributed by atoms with Crippen molar-refractivity contribution in [2.45, 2.75) is 13.1 Å². The Balaban J connectivity index is 0.990. The highest BCUT2D eigenvalue weighted by Crippen LogP contribution is 2.46. The van der Waals surface area contributed by atoms with E-state index in [1.807, 2.05) is 18.2 Å². The predicted octanol–water partition coefficient (Wildman–Crippen LogP) is 14.8. The first-order chi connectivity index (χ1) is 32.6. The van der Waals surface area contributed by atoms with Gasteiger partial charge in [-0.3, -0.25) is 4.57 Å². The van der Waals surface area contributed by atoms with Gasteiger partial charge in [0.25, 0.3) is 0 Å². The Morgan fingerprint density at radius 2 is 0.970 bits per heavy atom. The summed E-state index contributed by atoms with van der Waals surface area (Å²) in [5.74, 6) is 2.41. The molecule has 0 radical (unpaired) electrons. The molecule has 12 rings (SSSR count). The van der Waals surface area contributed by atoms with Gasteiger partial charge in [-0.05, 0) is 91.7 Å². The number of nitrogens with zero attached hydrogens (tertiary/aromatic N) is 4. The second-order valence-electron chi connectivity index (χ2n) is 16.9. The van der Waals surface area contributed by atoms with E-state index in [9.17, 15) is 0 Å². The molecule has 312 valence electrons. The third kappa shape index (κ3) is 7.04. The first kappa shape index (κ1) is 39.0. The number of nitrogens with one attached hydrogen (secondary N) is 1. The van der Waals surface area contributed by atoms with Gasteiger partial charge in [-0.25, -0.2) is 15.0 Å². The SMILES string of the molecule is Cc1ccc(C2N=C(c3ccc(-c4ccc5ccccc5c4-c4c(-c5ccc(-c6nc7ccccc7n6-c6ccccc6)cc5)ccc5ccccc45)cc3)N=C(c3ccccc3)N2)cc1. The average molecular weight is 846 g/mol. The minimum absolute atomic E-state index is 0.274. The van der Waals surface area contributed by atoms with Crippen molar-refractivity contribution in [2.24, 2.45) is 9.98 Å². The Bertz CT molecular complexity index is 3640. The molecule has 10 aromatic carbocycles. The van der Waals surface area contributed by atoms with Gasteiger partial charge in [-0.15, -0.1) is 0 Å². The fraction of sp³-hybridized carbons (Fsp3) is 0.0328. The number of imidazole rings is 1. The van der Waals surface area contributed by atoms with Crippen LogP contribution in [-0.4, -0.2) is 21.2 Å². The molecule has 1 atom stereocenters. The number of fused-ring (bicyclic) bond motifs is 3. The molecule has 1 aromatic heterocycles. The molecule has 1 N–H and O–H groups in total. The number of aromatic nitrogens is 2. The highest BCUT2D eigenvalue weighted by molar-refractivity contribution is 6.16. The lowest BCUT2D eigenvalue weighted by Crippen LogP contribution is -2.33. The molecule has 0 saturated heterocycles. The van der Waals surface area contributed by atoms with Gasteiger partial charge in [0.15, 0.2) is 5.84 Å². The molecule has 1 unspecified atom stereocenters. The smallest absolute Gasteiger partial charge is 0.159 e. The summed E-state index contributed by atoms with van der Waals surface area (Å²) in [6.45, 7) is 2.11. The molecule has 2 heterocycles. The van der Waals surface area contributed by atoms with E-state index in [1.54, 1.807) is 0 Å². The first-order valence-electron chi connectivity index (χ1n) is 22.5. The van der Waals surface area contributed by atoms with Crippen molar-refractivity contribution in [2.75, 3.05) is 0 Å². The van der Waals surface area contributed by atoms with Crippen molar-refractivity contribution < 1.29 is 0 Å². The van der Waals surface area contributed by atoms with Gasteiger partial charge >= 0.3 is 0 Å². The van der Waals surface area contributed by atoms with Crippen molar-refractivity contribution in [3.63, 3.8) is 0 Å². The minimum Gasteiger partial charge on any atom is -0.344 e. The van der Waals surface area contributed by atoms with Crippen LogP contribution in [0.3, 0.4) is 0 Å². The number of benzene rings is 10. The fourth-order valence-electron chi connectivity index (χ4n) is 9.46. The number of aryl methyl sites for hydroxylation is 1. The van der Waals surface area contributed by atoms with Gasteiger partial charge in [-0.2, -0.15) is 0 Å². The van der Waals surface area contributed by atoms with Crippen LogP contribution in [0.1, 0.15) is 28.4 Å². The van der Waals surface area contributed by atoms with Crippen LogP contribution in [-0.2, 0) is 0 Å². The van der Waals surface area contributed by atoms with Crippen molar-refractivity contribution in [3.8, 4) is 50.5 Å². The summed E-state index contributed by atoms with van der Waals surface area (Å²) < 4.78 is 2.26. The van der Waals surface area contributed by atoms with Crippen LogP contribution in [0.5, 0.6) is 0 Å². The number of aliphatic imine (C=N–C) groups is 2. The summed E-state index contributed by atoms with van der Waals surface area (Å²) in [6.07, 6.45) is -0.274. The molecule has 1 aliphatic rings. The molecule has 5 nitrogen and oxygen atoms in total. The van der Waals surface area contributed by atoms with E-state index in [-0.39, 0.29) is 6.17 Å². The fourth-order valence-corrected chi connectivity index (χ4v) is 9.46. The second kappa shape index (κ2) is 16.5. The highest BCUT2D eigenvalue weighted by atomic mass is 15.2. The van der Waals surface area contributed by atoms with Crippen LogP contribution in [0.15, 0.2) is 241 Å². The summed E-state index contributed by atoms with van der Waals surface area (Å²) in [5, 5.41) is 8.39. The Morgan fingerprint density at radius 1 is 0.439 bits per heavy atom. The van der Waals surface area contributed by atoms with Crippen LogP contribution in [0.4, 0.5) is 0 Å². The van der Waals surface area contributed by atoms with Crippen LogP contribution in [0.25, 0.3) is 83.0 Å². The first-order valence-corrected chi connectivity index (χ1v) is 22.5. The molecule has 11 aromatic rings. The number of amidine groups is 2. The van der Waals surface area contributed by atoms with Gasteiger partial charge < -0.3 is 5.32 Å². The molecule has 66 heavy (non-hydrogen) atoms. The standard InChI is InChI=1S/C61H43N5/c1-40-24-26-46(27-25-40)59-63-58(45-16-4-2-5-17-45)64-60(65-59)47-32-28-43(29-33-47)52-38-36-41-14-8-10-20-50(41)56(52)57-51-21-11-9-15-42(51)37-39-53(57)44-30-34-48(35-31-44)61-62-54-22-12-13-23-55(54)66(61)49-18-6-3-7-19-49/h2-39,59H,1H3,(H,63,64,65). The third-order valence-corrected chi connectivity index (χ3v) is 12.8. The van der Waals surface area contributed by atoms with Crippen LogP contribution in [0.2, 0.25) is 0 Å². The highest BCUT2D eigenvalue weighted by Gasteiger charge is 2.23. The Morgan fingerprint density at radius 3 is 1.61 bits per heavy atom. The molecule has 0 aliphatic carbocycles. The summed E-state index contributed by atoms with van der Waals surface area (Å²) >= 11 is 0. The summed E-state index contributed by atoms with van der Waals surface area (Å²) in [7, 11) is 0. The largest absolute Gasteiger partial charge is 0.344 e. The van der Waals surface area contributed by atoms with E-state index in [4.69, 9.17) is 15.0 Å². The number of rotatable bonds is 8. The maximum absolute atomic E-state index is 5.18. The normalized spacial score (nSPS) is 13.7. The predicted molar refractivity (Wildman–Crippen MR) is 274 cm³/mol. The molecule has 0 amide bonds. The van der Waals surface area contributed by atoms with Gasteiger partial charge in [0.1, 0.15) is 17.8 Å². The zero-order chi connectivity index (χ0) is 44.0. The van der Waals surface area contributed by atoms with Crippen molar-refractivity contribution in [1.29, 1.82) is 0 Å². The van der Waals surface area contributed by atoms with Gasteiger partial charge in [0, 0.05) is 22.4 Å². The van der Waals surface area contributed by atoms with Crippen LogP contribution in [0, 0.1) is 6.92 Å². The zero-order valence-electron chi connectivity index (χ0n) is 36.3. The topological polar surface area (TPSA) is 54.6 Å². The Kier molecular flexibility index (Phi) is 9.72. The van der Waals surface area contributed by atoms with Gasteiger partial charge in [-0.1, -0.05) is 212 Å². The van der Waals surface area contributed by atoms with E-state index in [2.05, 4.69) is 229 Å². The summed E-state index contributed by atoms with van der Waals surface area (Å²) in [5.41, 5.74) is 15.4.